The second kappa shape index (κ2) is 4.16. The van der Waals surface area contributed by atoms with Gasteiger partial charge in [0.05, 0.1) is 17.2 Å². The van der Waals surface area contributed by atoms with Gasteiger partial charge in [0.2, 0.25) is 0 Å². The Kier molecular flexibility index (Phi) is 2.67. The summed E-state index contributed by atoms with van der Waals surface area (Å²) in [5, 5.41) is 29.1. The quantitative estimate of drug-likeness (QED) is 0.650. The molecule has 1 aromatic carbocycles. The van der Waals surface area contributed by atoms with Crippen LogP contribution in [-0.4, -0.2) is 39.3 Å². The third-order valence-corrected chi connectivity index (χ3v) is 3.52. The lowest BCUT2D eigenvalue weighted by Gasteiger charge is -2.31. The molecule has 1 heterocycles. The Morgan fingerprint density at radius 2 is 1.90 bits per heavy atom. The molecule has 2 aliphatic rings. The molecule has 20 heavy (non-hydrogen) atoms. The maximum Gasteiger partial charge on any atom is 0.198 e. The number of aromatic hydroxyl groups is 2. The van der Waals surface area contributed by atoms with E-state index < -0.39 is 29.7 Å². The number of fused-ring (bicyclic) bond motifs is 1. The van der Waals surface area contributed by atoms with Crippen molar-refractivity contribution in [2.24, 2.45) is 0 Å². The predicted molar refractivity (Wildman–Crippen MR) is 66.6 cm³/mol. The molecule has 3 N–H and O–H groups in total. The number of carbonyl (C=O) groups excluding carboxylic acids is 2. The third-order valence-electron chi connectivity index (χ3n) is 3.52. The van der Waals surface area contributed by atoms with E-state index in [2.05, 4.69) is 0 Å². The average molecular weight is 276 g/mol. The molecule has 104 valence electrons. The van der Waals surface area contributed by atoms with Crippen molar-refractivity contribution >= 4 is 11.6 Å². The van der Waals surface area contributed by atoms with Gasteiger partial charge in [0.1, 0.15) is 11.5 Å². The van der Waals surface area contributed by atoms with Crippen LogP contribution in [0.15, 0.2) is 23.3 Å². The minimum Gasteiger partial charge on any atom is -0.508 e. The number of aliphatic hydroxyl groups is 1. The number of phenolic OH excluding ortho intramolecular Hbond substituents is 2. The molecule has 0 fully saturated rings. The van der Waals surface area contributed by atoms with Gasteiger partial charge in [0.15, 0.2) is 17.9 Å². The monoisotopic (exact) mass is 276 g/mol. The first-order chi connectivity index (χ1) is 9.40. The van der Waals surface area contributed by atoms with Gasteiger partial charge in [-0.2, -0.15) is 0 Å². The van der Waals surface area contributed by atoms with Crippen molar-refractivity contribution in [2.45, 2.75) is 25.7 Å². The van der Waals surface area contributed by atoms with Gasteiger partial charge in [-0.1, -0.05) is 0 Å². The van der Waals surface area contributed by atoms with E-state index in [4.69, 9.17) is 4.74 Å². The van der Waals surface area contributed by atoms with Crippen LogP contribution in [0.2, 0.25) is 0 Å². The van der Waals surface area contributed by atoms with E-state index in [1.54, 1.807) is 6.92 Å². The van der Waals surface area contributed by atoms with E-state index in [0.29, 0.717) is 0 Å². The number of hydrogen-bond donors (Lipinski definition) is 3. The Bertz CT molecular complexity index is 672. The van der Waals surface area contributed by atoms with E-state index in [-0.39, 0.29) is 34.4 Å². The summed E-state index contributed by atoms with van der Waals surface area (Å²) in [5.74, 6) is -1.91. The Morgan fingerprint density at radius 1 is 1.20 bits per heavy atom. The Hall–Kier alpha value is -2.18. The van der Waals surface area contributed by atoms with Crippen LogP contribution in [-0.2, 0) is 4.74 Å². The van der Waals surface area contributed by atoms with Gasteiger partial charge in [0, 0.05) is 23.6 Å². The highest BCUT2D eigenvalue weighted by atomic mass is 16.6. The number of benzene rings is 1. The van der Waals surface area contributed by atoms with Crippen LogP contribution in [0, 0.1) is 0 Å². The van der Waals surface area contributed by atoms with Crippen molar-refractivity contribution in [1.29, 1.82) is 0 Å². The summed E-state index contributed by atoms with van der Waals surface area (Å²) in [6.07, 6.45) is -1.67. The first-order valence-electron chi connectivity index (χ1n) is 6.12. The van der Waals surface area contributed by atoms with Crippen LogP contribution < -0.4 is 0 Å². The zero-order valence-corrected chi connectivity index (χ0v) is 10.6. The maximum absolute atomic E-state index is 12.4. The molecule has 0 radical (unpaired) electrons. The van der Waals surface area contributed by atoms with Crippen LogP contribution in [0.4, 0.5) is 0 Å². The molecular formula is C14H12O6. The van der Waals surface area contributed by atoms with Crippen molar-refractivity contribution in [3.63, 3.8) is 0 Å². The topological polar surface area (TPSA) is 104 Å². The highest BCUT2D eigenvalue weighted by molar-refractivity contribution is 6.28. The Morgan fingerprint density at radius 3 is 2.60 bits per heavy atom. The lowest BCUT2D eigenvalue weighted by Crippen LogP contribution is -2.37. The summed E-state index contributed by atoms with van der Waals surface area (Å²) in [6.45, 7) is 1.68. The molecule has 1 aromatic rings. The summed E-state index contributed by atoms with van der Waals surface area (Å²) in [5.41, 5.74) is -0.198. The highest BCUT2D eigenvalue weighted by Gasteiger charge is 2.41. The number of phenols is 2. The molecule has 0 spiro atoms. The number of Topliss-reactive ketones (excluding diaryl/α,β-unsaturated/α-hetero) is 2. The van der Waals surface area contributed by atoms with Crippen molar-refractivity contribution in [3.05, 3.63) is 34.4 Å². The number of ether oxygens (including phenoxy) is 1. The number of ketones is 2. The lowest BCUT2D eigenvalue weighted by molar-refractivity contribution is -0.112. The molecule has 6 heteroatoms. The molecule has 0 unspecified atom stereocenters. The van der Waals surface area contributed by atoms with E-state index >= 15 is 0 Å². The van der Waals surface area contributed by atoms with Gasteiger partial charge in [-0.3, -0.25) is 9.59 Å². The molecule has 1 aliphatic heterocycles. The summed E-state index contributed by atoms with van der Waals surface area (Å²) in [4.78, 5) is 24.7. The molecule has 0 amide bonds. The molecule has 6 nitrogen and oxygen atoms in total. The zero-order chi connectivity index (χ0) is 14.6. The van der Waals surface area contributed by atoms with Crippen molar-refractivity contribution in [3.8, 4) is 11.5 Å². The van der Waals surface area contributed by atoms with Gasteiger partial charge >= 0.3 is 0 Å². The van der Waals surface area contributed by atoms with Gasteiger partial charge < -0.3 is 20.1 Å². The van der Waals surface area contributed by atoms with E-state index in [1.165, 1.54) is 0 Å². The molecule has 0 saturated carbocycles. The zero-order valence-electron chi connectivity index (χ0n) is 10.6. The number of rotatable bonds is 0. The standard InChI is InChI=1S/C14H12O6/c1-5-2-7-11(14(19)20-5)13(18)10-8(12(7)17)3-6(15)4-9(10)16/h3-5,14-16,19H,2H2,1H3/t5-,14+/m0/s1. The van der Waals surface area contributed by atoms with E-state index in [0.717, 1.165) is 12.1 Å². The minimum atomic E-state index is -1.48. The number of carbonyl (C=O) groups is 2. The van der Waals surface area contributed by atoms with E-state index in [1.807, 2.05) is 0 Å². The first kappa shape index (κ1) is 12.8. The summed E-state index contributed by atoms with van der Waals surface area (Å²) >= 11 is 0. The molecular weight excluding hydrogens is 264 g/mol. The average Bonchev–Trinajstić information content (AvgIpc) is 2.34. The van der Waals surface area contributed by atoms with Gasteiger partial charge in [0.25, 0.3) is 0 Å². The van der Waals surface area contributed by atoms with Gasteiger partial charge in [-0.15, -0.1) is 0 Å². The number of aliphatic hydroxyl groups excluding tert-OH is 1. The fourth-order valence-electron chi connectivity index (χ4n) is 2.67. The van der Waals surface area contributed by atoms with Crippen LogP contribution in [0.3, 0.4) is 0 Å². The van der Waals surface area contributed by atoms with Gasteiger partial charge in [-0.05, 0) is 13.0 Å². The van der Waals surface area contributed by atoms with Crippen molar-refractivity contribution in [1.82, 2.24) is 0 Å². The Labute approximate surface area is 113 Å². The summed E-state index contributed by atoms with van der Waals surface area (Å²) in [6, 6.07) is 2.12. The predicted octanol–water partition coefficient (Wildman–Crippen LogP) is 0.901. The molecule has 0 bridgehead atoms. The molecule has 0 aromatic heterocycles. The SMILES string of the molecule is C[C@H]1CC2=C(C(=O)c3c(O)cc(O)cc3C2=O)[C@H](O)O1. The van der Waals surface area contributed by atoms with Crippen LogP contribution in [0.25, 0.3) is 0 Å². The molecule has 3 rings (SSSR count). The fourth-order valence-corrected chi connectivity index (χ4v) is 2.67. The first-order valence-corrected chi connectivity index (χ1v) is 6.12. The van der Waals surface area contributed by atoms with Crippen molar-refractivity contribution in [2.75, 3.05) is 0 Å². The van der Waals surface area contributed by atoms with Crippen molar-refractivity contribution < 1.29 is 29.6 Å². The Balaban J connectivity index is 2.25. The van der Waals surface area contributed by atoms with Crippen LogP contribution in [0.1, 0.15) is 34.1 Å². The largest absolute Gasteiger partial charge is 0.508 e. The molecule has 2 atom stereocenters. The highest BCUT2D eigenvalue weighted by Crippen LogP contribution is 2.39. The molecule has 1 aliphatic carbocycles. The fraction of sp³-hybridized carbons (Fsp3) is 0.286. The third kappa shape index (κ3) is 1.65. The normalized spacial score (nSPS) is 25.5. The summed E-state index contributed by atoms with van der Waals surface area (Å²) < 4.78 is 5.15. The smallest absolute Gasteiger partial charge is 0.198 e. The van der Waals surface area contributed by atoms with Gasteiger partial charge in [-0.25, -0.2) is 0 Å². The second-order valence-corrected chi connectivity index (χ2v) is 4.94. The van der Waals surface area contributed by atoms with E-state index in [9.17, 15) is 24.9 Å². The number of hydrogen-bond acceptors (Lipinski definition) is 6. The lowest BCUT2D eigenvalue weighted by atomic mass is 9.80. The van der Waals surface area contributed by atoms with Crippen LogP contribution in [0.5, 0.6) is 11.5 Å². The second-order valence-electron chi connectivity index (χ2n) is 4.94. The summed E-state index contributed by atoms with van der Waals surface area (Å²) in [7, 11) is 0. The maximum atomic E-state index is 12.4. The van der Waals surface area contributed by atoms with Crippen LogP contribution >= 0.6 is 0 Å². The minimum absolute atomic E-state index is 0.0486. The molecule has 0 saturated heterocycles.